The van der Waals surface area contributed by atoms with Crippen molar-refractivity contribution in [3.05, 3.63) is 29.6 Å². The zero-order valence-corrected chi connectivity index (χ0v) is 8.20. The van der Waals surface area contributed by atoms with Crippen LogP contribution in [-0.4, -0.2) is 11.5 Å². The fourth-order valence-corrected chi connectivity index (χ4v) is 1.24. The lowest BCUT2D eigenvalue weighted by molar-refractivity contribution is 0.321. The number of pyridine rings is 1. The van der Waals surface area contributed by atoms with E-state index in [4.69, 9.17) is 11.0 Å². The van der Waals surface area contributed by atoms with Gasteiger partial charge in [0, 0.05) is 20.4 Å². The molecule has 1 saturated heterocycles. The summed E-state index contributed by atoms with van der Waals surface area (Å²) in [5.74, 6) is -2.41. The Balaban J connectivity index is 2.74. The van der Waals surface area contributed by atoms with E-state index in [-0.39, 0.29) is 11.0 Å². The lowest BCUT2D eigenvalue weighted by Crippen LogP contribution is -2.31. The number of piperidine rings is 1. The van der Waals surface area contributed by atoms with E-state index in [0.29, 0.717) is 5.56 Å². The molecule has 1 fully saturated rings. The Morgan fingerprint density at radius 3 is 3.43 bits per heavy atom. The SMILES string of the molecule is [2H]C1N([2H])C([2H])(c2cc(C)ccn2)C([2H])([2H])C([2H])(C)C1([2H])[2H]. The van der Waals surface area contributed by atoms with E-state index < -0.39 is 31.2 Å². The standard InChI is InChI=1S/C12H18N2/c1-9-3-5-13-11(7-9)12-8-10(2)4-6-14-12/h3,5,7,10,12,14H,4,6,8H2,1-2H3/i4D2,6D,8D2,10D,12D/hD. The van der Waals surface area contributed by atoms with Gasteiger partial charge in [-0.2, -0.15) is 0 Å². The minimum absolute atomic E-state index is 0.112. The third-order valence-electron chi connectivity index (χ3n) is 1.94. The molecule has 76 valence electrons. The first-order chi connectivity index (χ1) is 9.81. The van der Waals surface area contributed by atoms with Crippen molar-refractivity contribution in [1.82, 2.24) is 10.3 Å². The molecule has 3 atom stereocenters. The Kier molecular flexibility index (Phi) is 1.15. The minimum Gasteiger partial charge on any atom is -0.309 e. The van der Waals surface area contributed by atoms with Gasteiger partial charge in [0.2, 0.25) is 0 Å². The molecule has 0 aliphatic carbocycles. The summed E-state index contributed by atoms with van der Waals surface area (Å²) < 4.78 is 64.8. The van der Waals surface area contributed by atoms with E-state index in [0.717, 1.165) is 6.92 Å². The molecule has 2 nitrogen and oxygen atoms in total. The molecule has 2 heteroatoms. The van der Waals surface area contributed by atoms with Gasteiger partial charge in [0.25, 0.3) is 0 Å². The van der Waals surface area contributed by atoms with E-state index in [2.05, 4.69) is 4.98 Å². The molecule has 0 aromatic carbocycles. The zero-order chi connectivity index (χ0) is 17.1. The van der Waals surface area contributed by atoms with Crippen LogP contribution in [0.4, 0.5) is 0 Å². The molecule has 0 spiro atoms. The van der Waals surface area contributed by atoms with Gasteiger partial charge in [-0.3, -0.25) is 4.98 Å². The first kappa shape index (κ1) is 3.93. The Morgan fingerprint density at radius 2 is 2.64 bits per heavy atom. The molecular formula is C12H18N2. The summed E-state index contributed by atoms with van der Waals surface area (Å²) in [6.07, 6.45) is -4.04. The van der Waals surface area contributed by atoms with Crippen LogP contribution in [0.1, 0.15) is 46.5 Å². The summed E-state index contributed by atoms with van der Waals surface area (Å²) in [6.45, 7) is 0.859. The highest BCUT2D eigenvalue weighted by atomic mass is 14.9. The van der Waals surface area contributed by atoms with Gasteiger partial charge in [0.05, 0.1) is 7.06 Å². The summed E-state index contributed by atoms with van der Waals surface area (Å²) in [4.78, 5) is 3.95. The zero-order valence-electron chi connectivity index (χ0n) is 16.2. The van der Waals surface area contributed by atoms with Crippen LogP contribution in [-0.2, 0) is 0 Å². The van der Waals surface area contributed by atoms with Crippen LogP contribution in [0.25, 0.3) is 0 Å². The maximum absolute atomic E-state index is 8.52. The van der Waals surface area contributed by atoms with E-state index in [1.807, 2.05) is 0 Å². The van der Waals surface area contributed by atoms with Crippen molar-refractivity contribution in [2.24, 2.45) is 5.89 Å². The molecule has 2 heterocycles. The molecule has 2 rings (SSSR count). The Morgan fingerprint density at radius 1 is 1.79 bits per heavy atom. The van der Waals surface area contributed by atoms with Crippen molar-refractivity contribution >= 4 is 0 Å². The number of aryl methyl sites for hydroxylation is 1. The summed E-state index contributed by atoms with van der Waals surface area (Å²) in [6, 6.07) is 0.612. The van der Waals surface area contributed by atoms with Crippen LogP contribution in [0.3, 0.4) is 0 Å². The highest BCUT2D eigenvalue weighted by Crippen LogP contribution is 2.25. The van der Waals surface area contributed by atoms with Crippen molar-refractivity contribution in [3.8, 4) is 0 Å². The van der Waals surface area contributed by atoms with Gasteiger partial charge < -0.3 is 5.31 Å². The summed E-state index contributed by atoms with van der Waals surface area (Å²) in [5, 5.41) is 0.269. The molecule has 0 radical (unpaired) electrons. The normalized spacial score (nSPS) is 60.3. The van der Waals surface area contributed by atoms with Crippen LogP contribution >= 0.6 is 0 Å². The molecule has 3 unspecified atom stereocenters. The maximum Gasteiger partial charge on any atom is 0.123 e. The second-order valence-electron chi connectivity index (χ2n) is 3.22. The van der Waals surface area contributed by atoms with Crippen molar-refractivity contribution in [2.75, 3.05) is 6.52 Å². The molecule has 0 amide bonds. The molecule has 1 aromatic heterocycles. The van der Waals surface area contributed by atoms with Crippen molar-refractivity contribution in [2.45, 2.75) is 32.6 Å². The number of aromatic nitrogens is 1. The smallest absolute Gasteiger partial charge is 0.123 e. The van der Waals surface area contributed by atoms with Gasteiger partial charge in [-0.1, -0.05) is 6.92 Å². The summed E-state index contributed by atoms with van der Waals surface area (Å²) >= 11 is 0. The fraction of sp³-hybridized carbons (Fsp3) is 0.583. The highest BCUT2D eigenvalue weighted by Gasteiger charge is 2.20. The first-order valence-corrected chi connectivity index (χ1v) is 4.45. The van der Waals surface area contributed by atoms with E-state index in [9.17, 15) is 0 Å². The van der Waals surface area contributed by atoms with Gasteiger partial charge in [0.1, 0.15) is 1.41 Å². The second-order valence-corrected chi connectivity index (χ2v) is 3.22. The van der Waals surface area contributed by atoms with Crippen LogP contribution in [0.5, 0.6) is 0 Å². The molecular weight excluding hydrogens is 172 g/mol. The number of nitrogens with one attached hydrogen (secondary N) is 1. The Bertz CT molecular complexity index is 590. The van der Waals surface area contributed by atoms with Gasteiger partial charge in [-0.05, 0) is 49.8 Å². The van der Waals surface area contributed by atoms with Crippen LogP contribution in [0, 0.1) is 12.8 Å². The quantitative estimate of drug-likeness (QED) is 0.750. The highest BCUT2D eigenvalue weighted by molar-refractivity contribution is 5.17. The average molecular weight is 198 g/mol. The predicted molar refractivity (Wildman–Crippen MR) is 58.1 cm³/mol. The van der Waals surface area contributed by atoms with Crippen molar-refractivity contribution in [1.29, 1.82) is 0 Å². The van der Waals surface area contributed by atoms with Crippen molar-refractivity contribution < 1.29 is 11.0 Å². The largest absolute Gasteiger partial charge is 0.309 e. The molecule has 1 aliphatic heterocycles. The van der Waals surface area contributed by atoms with E-state index in [1.54, 1.807) is 13.0 Å². The number of hydrogen-bond donors (Lipinski definition) is 1. The number of nitrogens with zero attached hydrogens (tertiary/aromatic N) is 1. The van der Waals surface area contributed by atoms with Gasteiger partial charge >= 0.3 is 0 Å². The number of hydrogen-bond acceptors (Lipinski definition) is 2. The molecule has 0 bridgehead atoms. The molecule has 1 N–H and O–H groups in total. The van der Waals surface area contributed by atoms with Gasteiger partial charge in [-0.25, -0.2) is 0 Å². The van der Waals surface area contributed by atoms with Gasteiger partial charge in [0.15, 0.2) is 0 Å². The van der Waals surface area contributed by atoms with Crippen molar-refractivity contribution in [3.63, 3.8) is 0 Å². The minimum atomic E-state index is -2.77. The third-order valence-corrected chi connectivity index (χ3v) is 1.94. The molecule has 1 aliphatic rings. The summed E-state index contributed by atoms with van der Waals surface area (Å²) in [7, 11) is 0. The first-order valence-electron chi connectivity index (χ1n) is 8.48. The summed E-state index contributed by atoms with van der Waals surface area (Å²) in [5.41, 5.74) is 0.585. The fourth-order valence-electron chi connectivity index (χ4n) is 1.24. The van der Waals surface area contributed by atoms with E-state index in [1.165, 1.54) is 12.3 Å². The predicted octanol–water partition coefficient (Wildman–Crippen LogP) is 2.45. The molecule has 0 saturated carbocycles. The van der Waals surface area contributed by atoms with Crippen LogP contribution in [0.2, 0.25) is 1.41 Å². The average Bonchev–Trinajstić information content (AvgIpc) is 2.43. The Hall–Kier alpha value is -0.890. The van der Waals surface area contributed by atoms with Gasteiger partial charge in [-0.15, -0.1) is 0 Å². The van der Waals surface area contributed by atoms with E-state index >= 15 is 0 Å². The lowest BCUT2D eigenvalue weighted by atomic mass is 9.92. The molecule has 1 aromatic rings. The molecule has 14 heavy (non-hydrogen) atoms. The Labute approximate surface area is 97.0 Å². The van der Waals surface area contributed by atoms with Crippen LogP contribution < -0.4 is 5.31 Å². The van der Waals surface area contributed by atoms with Crippen LogP contribution in [0.15, 0.2) is 18.3 Å². The maximum atomic E-state index is 8.52. The number of rotatable bonds is 1. The lowest BCUT2D eigenvalue weighted by Gasteiger charge is -2.27. The second kappa shape index (κ2) is 4.09. The topological polar surface area (TPSA) is 24.9 Å². The third kappa shape index (κ3) is 2.13. The monoisotopic (exact) mass is 198 g/mol.